The van der Waals surface area contributed by atoms with Crippen LogP contribution in [0.2, 0.25) is 0 Å². The van der Waals surface area contributed by atoms with E-state index >= 15 is 0 Å². The van der Waals surface area contributed by atoms with Crippen molar-refractivity contribution in [2.45, 2.75) is 49.6 Å². The van der Waals surface area contributed by atoms with Crippen molar-refractivity contribution in [3.05, 3.63) is 35.9 Å². The number of halogens is 13. The average Bonchev–Trinajstić information content (AvgIpc) is 2.73. The van der Waals surface area contributed by atoms with Crippen molar-refractivity contribution < 1.29 is 76.1 Å². The van der Waals surface area contributed by atoms with E-state index in [1.54, 1.807) is 0 Å². The second kappa shape index (κ2) is 8.93. The minimum Gasteiger partial charge on any atom is -0.423 e. The second-order valence-corrected chi connectivity index (χ2v) is 7.35. The smallest absolute Gasteiger partial charge is 0.423 e. The summed E-state index contributed by atoms with van der Waals surface area (Å²) in [6.45, 7) is 1.36. The lowest BCUT2D eigenvalue weighted by atomic mass is 9.88. The van der Waals surface area contributed by atoms with Gasteiger partial charge < -0.3 is 9.47 Å². The maximum absolute atomic E-state index is 14.9. The van der Waals surface area contributed by atoms with E-state index in [4.69, 9.17) is 0 Å². The Morgan fingerprint density at radius 1 is 0.622 bits per heavy atom. The third-order valence-corrected chi connectivity index (χ3v) is 4.73. The maximum Gasteiger partial charge on any atom is 0.460 e. The molecular formula is C20H11F13O4. The number of carbonyl (C=O) groups excluding carboxylic acids is 2. The van der Waals surface area contributed by atoms with E-state index in [1.165, 1.54) is 0 Å². The Kier molecular flexibility index (Phi) is 7.23. The van der Waals surface area contributed by atoms with Crippen LogP contribution in [0.5, 0.6) is 11.5 Å². The summed E-state index contributed by atoms with van der Waals surface area (Å²) >= 11 is 0. The summed E-state index contributed by atoms with van der Waals surface area (Å²) in [5.74, 6) is -43.0. The molecule has 0 aromatic heterocycles. The normalized spacial score (nSPS) is 14.0. The van der Waals surface area contributed by atoms with Crippen LogP contribution in [0.15, 0.2) is 30.3 Å². The molecule has 0 spiro atoms. The molecule has 0 heterocycles. The molecule has 0 aliphatic rings. The number of ether oxygens (including phenoxy) is 2. The van der Waals surface area contributed by atoms with Crippen molar-refractivity contribution in [1.82, 2.24) is 0 Å². The SMILES string of the molecule is CC(=O)Oc1cc(C(F)(F)C(F)(F)C(F)(F)C(F)(F)C(F)(F)C(F)(F)F)c2ccccc2c1OC(C)=O. The van der Waals surface area contributed by atoms with Gasteiger partial charge in [-0.2, -0.15) is 57.1 Å². The molecule has 2 rings (SSSR count). The molecule has 0 aliphatic heterocycles. The first-order valence-corrected chi connectivity index (χ1v) is 9.34. The van der Waals surface area contributed by atoms with Gasteiger partial charge in [-0.05, 0) is 11.5 Å². The number of carbonyl (C=O) groups is 2. The van der Waals surface area contributed by atoms with Crippen molar-refractivity contribution in [3.8, 4) is 11.5 Å². The number of fused-ring (bicyclic) bond motifs is 1. The van der Waals surface area contributed by atoms with Gasteiger partial charge >= 0.3 is 47.7 Å². The highest BCUT2D eigenvalue weighted by molar-refractivity contribution is 5.96. The molecule has 0 saturated carbocycles. The lowest BCUT2D eigenvalue weighted by Gasteiger charge is -2.40. The molecule has 206 valence electrons. The van der Waals surface area contributed by atoms with E-state index in [-0.39, 0.29) is 6.07 Å². The number of rotatable bonds is 7. The minimum absolute atomic E-state index is 0.313. The second-order valence-electron chi connectivity index (χ2n) is 7.35. The minimum atomic E-state index is -8.09. The first-order chi connectivity index (χ1) is 16.4. The Morgan fingerprint density at radius 3 is 1.49 bits per heavy atom. The monoisotopic (exact) mass is 562 g/mol. The Morgan fingerprint density at radius 2 is 1.05 bits per heavy atom. The van der Waals surface area contributed by atoms with Gasteiger partial charge in [0.15, 0.2) is 11.5 Å². The summed E-state index contributed by atoms with van der Waals surface area (Å²) in [5, 5.41) is -2.06. The number of hydrogen-bond acceptors (Lipinski definition) is 4. The number of hydrogen-bond donors (Lipinski definition) is 0. The van der Waals surface area contributed by atoms with E-state index in [0.29, 0.717) is 13.0 Å². The Bertz CT molecular complexity index is 1220. The average molecular weight is 562 g/mol. The molecule has 0 aliphatic carbocycles. The molecule has 2 aromatic rings. The van der Waals surface area contributed by atoms with Crippen LogP contribution in [0.1, 0.15) is 19.4 Å². The van der Waals surface area contributed by atoms with Gasteiger partial charge in [0.05, 0.1) is 0 Å². The van der Waals surface area contributed by atoms with Crippen LogP contribution in [-0.4, -0.2) is 41.8 Å². The van der Waals surface area contributed by atoms with Gasteiger partial charge in [-0.3, -0.25) is 9.59 Å². The Balaban J connectivity index is 2.92. The van der Waals surface area contributed by atoms with Gasteiger partial charge in [0.1, 0.15) is 0 Å². The molecule has 17 heteroatoms. The van der Waals surface area contributed by atoms with E-state index in [9.17, 15) is 66.7 Å². The molecule has 0 fully saturated rings. The molecule has 37 heavy (non-hydrogen) atoms. The van der Waals surface area contributed by atoms with Crippen LogP contribution in [0.25, 0.3) is 10.8 Å². The van der Waals surface area contributed by atoms with Crippen LogP contribution >= 0.6 is 0 Å². The number of benzene rings is 2. The van der Waals surface area contributed by atoms with Crippen LogP contribution in [0.4, 0.5) is 57.1 Å². The molecule has 2 aromatic carbocycles. The first kappa shape index (κ1) is 30.0. The summed E-state index contributed by atoms with van der Waals surface area (Å²) in [5.41, 5.74) is -2.37. The molecule has 0 radical (unpaired) electrons. The zero-order valence-electron chi connectivity index (χ0n) is 17.9. The van der Waals surface area contributed by atoms with E-state index in [0.717, 1.165) is 25.1 Å². The molecule has 4 nitrogen and oxygen atoms in total. The number of alkyl halides is 13. The standard InChI is InChI=1S/C20H11F13O4/c1-8(34)36-13-7-12(10-5-3-4-6-11(10)14(13)37-9(2)35)15(21,22)16(23,24)17(25,26)18(27,28)19(29,30)20(31,32)33/h3-7H,1-2H3. The maximum atomic E-state index is 14.9. The quantitative estimate of drug-likeness (QED) is 0.210. The highest BCUT2D eigenvalue weighted by Gasteiger charge is 2.91. The zero-order valence-corrected chi connectivity index (χ0v) is 17.9. The highest BCUT2D eigenvalue weighted by Crippen LogP contribution is 2.63. The lowest BCUT2D eigenvalue weighted by molar-refractivity contribution is -0.441. The zero-order chi connectivity index (χ0) is 29.0. The first-order valence-electron chi connectivity index (χ1n) is 9.34. The highest BCUT2D eigenvalue weighted by atomic mass is 19.4. The molecular weight excluding hydrogens is 551 g/mol. The van der Waals surface area contributed by atoms with Crippen LogP contribution in [-0.2, 0) is 15.5 Å². The third-order valence-electron chi connectivity index (χ3n) is 4.73. The molecule has 0 unspecified atom stereocenters. The van der Waals surface area contributed by atoms with Gasteiger partial charge in [0, 0.05) is 24.8 Å². The van der Waals surface area contributed by atoms with Crippen LogP contribution in [0, 0.1) is 0 Å². The summed E-state index contributed by atoms with van der Waals surface area (Å²) in [4.78, 5) is 22.7. The third kappa shape index (κ3) is 4.52. The van der Waals surface area contributed by atoms with Crippen LogP contribution in [0.3, 0.4) is 0 Å². The molecule has 0 N–H and O–H groups in total. The van der Waals surface area contributed by atoms with Crippen molar-refractivity contribution in [2.75, 3.05) is 0 Å². The fraction of sp³-hybridized carbons (Fsp3) is 0.400. The summed E-state index contributed by atoms with van der Waals surface area (Å²) < 4.78 is 186. The predicted molar refractivity (Wildman–Crippen MR) is 96.3 cm³/mol. The van der Waals surface area contributed by atoms with Crippen molar-refractivity contribution in [3.63, 3.8) is 0 Å². The van der Waals surface area contributed by atoms with Gasteiger partial charge in [-0.25, -0.2) is 0 Å². The van der Waals surface area contributed by atoms with Gasteiger partial charge in [-0.1, -0.05) is 24.3 Å². The molecule has 0 saturated heterocycles. The number of esters is 2. The summed E-state index contributed by atoms with van der Waals surface area (Å²) in [7, 11) is 0. The molecule has 0 amide bonds. The summed E-state index contributed by atoms with van der Waals surface area (Å²) in [6, 6.07) is 2.71. The summed E-state index contributed by atoms with van der Waals surface area (Å²) in [6.07, 6.45) is -7.55. The molecule has 0 atom stereocenters. The van der Waals surface area contributed by atoms with Gasteiger partial charge in [0.25, 0.3) is 0 Å². The fourth-order valence-corrected chi connectivity index (χ4v) is 3.00. The Labute approximate surface area is 196 Å². The Hall–Kier alpha value is -3.27. The molecule has 0 bridgehead atoms. The van der Waals surface area contributed by atoms with Gasteiger partial charge in [0.2, 0.25) is 0 Å². The van der Waals surface area contributed by atoms with E-state index < -0.39 is 75.6 Å². The topological polar surface area (TPSA) is 52.6 Å². The lowest BCUT2D eigenvalue weighted by Crippen LogP contribution is -2.69. The van der Waals surface area contributed by atoms with Crippen molar-refractivity contribution in [1.29, 1.82) is 0 Å². The van der Waals surface area contributed by atoms with Crippen LogP contribution < -0.4 is 9.47 Å². The predicted octanol–water partition coefficient (Wildman–Crippen LogP) is 6.89. The van der Waals surface area contributed by atoms with Crippen molar-refractivity contribution >= 4 is 22.7 Å². The van der Waals surface area contributed by atoms with E-state index in [1.807, 2.05) is 0 Å². The van der Waals surface area contributed by atoms with Gasteiger partial charge in [-0.15, -0.1) is 0 Å². The van der Waals surface area contributed by atoms with Crippen molar-refractivity contribution in [2.24, 2.45) is 0 Å². The largest absolute Gasteiger partial charge is 0.460 e. The van der Waals surface area contributed by atoms with E-state index in [2.05, 4.69) is 9.47 Å². The fourth-order valence-electron chi connectivity index (χ4n) is 3.00.